The normalized spacial score (nSPS) is 17.3. The molecule has 2 rings (SSSR count). The molecule has 0 spiro atoms. The van der Waals surface area contributed by atoms with Crippen LogP contribution in [-0.4, -0.2) is 27.9 Å². The summed E-state index contributed by atoms with van der Waals surface area (Å²) >= 11 is 0. The van der Waals surface area contributed by atoms with E-state index in [9.17, 15) is 0 Å². The van der Waals surface area contributed by atoms with Gasteiger partial charge in [0.25, 0.3) is 0 Å². The van der Waals surface area contributed by atoms with Crippen molar-refractivity contribution in [3.63, 3.8) is 0 Å². The van der Waals surface area contributed by atoms with Crippen LogP contribution in [0.15, 0.2) is 28.4 Å². The summed E-state index contributed by atoms with van der Waals surface area (Å²) in [4.78, 5) is 8.32. The molecular formula is C19H29BN3+. The summed E-state index contributed by atoms with van der Waals surface area (Å²) in [5.41, 5.74) is 7.40. The zero-order valence-electron chi connectivity index (χ0n) is 15.6. The molecule has 1 aromatic rings. The van der Waals surface area contributed by atoms with Crippen LogP contribution in [0, 0.1) is 13.8 Å². The molecule has 1 N–H and O–H groups in total. The lowest BCUT2D eigenvalue weighted by atomic mass is 9.67. The maximum Gasteiger partial charge on any atom is 0.372 e. The fourth-order valence-corrected chi connectivity index (χ4v) is 2.99. The van der Waals surface area contributed by atoms with E-state index in [2.05, 4.69) is 76.0 Å². The number of rotatable bonds is 4. The van der Waals surface area contributed by atoms with Crippen LogP contribution < -0.4 is 0 Å². The molecule has 0 aliphatic carbocycles. The van der Waals surface area contributed by atoms with Crippen molar-refractivity contribution in [2.75, 3.05) is 0 Å². The first kappa shape index (κ1) is 17.5. The molecule has 1 aliphatic heterocycles. The predicted molar refractivity (Wildman–Crippen MR) is 103 cm³/mol. The Balaban J connectivity index is 2.49. The number of hydrogen-bond acceptors (Lipinski definition) is 1. The van der Waals surface area contributed by atoms with Gasteiger partial charge in [0.1, 0.15) is 11.4 Å². The predicted octanol–water partition coefficient (Wildman–Crippen LogP) is 4.86. The van der Waals surface area contributed by atoms with Gasteiger partial charge in [-0.25, -0.2) is 0 Å². The van der Waals surface area contributed by atoms with Crippen molar-refractivity contribution in [1.29, 1.82) is 0 Å². The molecule has 3 nitrogen and oxygen atoms in total. The quantitative estimate of drug-likeness (QED) is 0.608. The van der Waals surface area contributed by atoms with E-state index in [1.54, 1.807) is 0 Å². The molecule has 0 saturated carbocycles. The highest BCUT2D eigenvalue weighted by molar-refractivity contribution is 6.48. The van der Waals surface area contributed by atoms with Gasteiger partial charge in [-0.3, -0.25) is 4.49 Å². The highest BCUT2D eigenvalue weighted by Crippen LogP contribution is 2.24. The zero-order chi connectivity index (χ0) is 17.1. The molecule has 4 heteroatoms. The van der Waals surface area contributed by atoms with Gasteiger partial charge in [-0.2, -0.15) is 0 Å². The van der Waals surface area contributed by atoms with Crippen LogP contribution in [-0.2, 0) is 0 Å². The number of nitrogens with zero attached hydrogens (tertiary/aromatic N) is 2. The number of hydrogen-bond donors (Lipinski definition) is 1. The Bertz CT molecular complexity index is 695. The lowest BCUT2D eigenvalue weighted by Crippen LogP contribution is -2.26. The van der Waals surface area contributed by atoms with Crippen molar-refractivity contribution in [2.24, 2.45) is 4.99 Å². The molecule has 2 heterocycles. The molecular weight excluding hydrogens is 281 g/mol. The van der Waals surface area contributed by atoms with Gasteiger partial charge < -0.3 is 4.98 Å². The van der Waals surface area contributed by atoms with E-state index in [-0.39, 0.29) is 0 Å². The van der Waals surface area contributed by atoms with Crippen molar-refractivity contribution in [3.05, 3.63) is 40.4 Å². The van der Waals surface area contributed by atoms with Gasteiger partial charge >= 0.3 is 12.7 Å². The van der Waals surface area contributed by atoms with Crippen molar-refractivity contribution in [2.45, 2.75) is 61.1 Å². The Morgan fingerprint density at radius 2 is 2.00 bits per heavy atom. The topological polar surface area (TPSA) is 31.2 Å². The van der Waals surface area contributed by atoms with Crippen LogP contribution in [0.4, 0.5) is 0 Å². The number of H-pyrrole nitrogens is 1. The van der Waals surface area contributed by atoms with Gasteiger partial charge in [-0.05, 0) is 59.4 Å². The Kier molecular flexibility index (Phi) is 5.45. The van der Waals surface area contributed by atoms with Gasteiger partial charge in [-0.15, -0.1) is 0 Å². The maximum absolute atomic E-state index is 4.87. The second-order valence-corrected chi connectivity index (χ2v) is 6.81. The Hall–Kier alpha value is -1.84. The summed E-state index contributed by atoms with van der Waals surface area (Å²) in [7, 11) is 0. The summed E-state index contributed by atoms with van der Waals surface area (Å²) in [6.45, 7) is 15.6. The van der Waals surface area contributed by atoms with Gasteiger partial charge in [0.05, 0.1) is 0 Å². The second kappa shape index (κ2) is 7.16. The van der Waals surface area contributed by atoms with E-state index >= 15 is 0 Å². The van der Waals surface area contributed by atoms with E-state index < -0.39 is 0 Å². The highest BCUT2D eigenvalue weighted by Gasteiger charge is 2.29. The Labute approximate surface area is 141 Å². The van der Waals surface area contributed by atoms with Gasteiger partial charge in [0.15, 0.2) is 0 Å². The van der Waals surface area contributed by atoms with Crippen LogP contribution in [0.2, 0.25) is 13.6 Å². The summed E-state index contributed by atoms with van der Waals surface area (Å²) < 4.78 is 2.33. The monoisotopic (exact) mass is 310 g/mol. The first-order chi connectivity index (χ1) is 10.8. The summed E-state index contributed by atoms with van der Waals surface area (Å²) in [6, 6.07) is 2.21. The molecule has 122 valence electrons. The molecule has 0 radical (unpaired) electrons. The molecule has 0 aromatic carbocycles. The number of aromatic amines is 1. The average Bonchev–Trinajstić information content (AvgIpc) is 2.91. The molecule has 1 aromatic heterocycles. The van der Waals surface area contributed by atoms with Crippen molar-refractivity contribution in [3.8, 4) is 0 Å². The largest absolute Gasteiger partial charge is 0.372 e. The molecule has 0 fully saturated rings. The number of aryl methyl sites for hydroxylation is 2. The van der Waals surface area contributed by atoms with Crippen molar-refractivity contribution >= 4 is 24.5 Å². The molecule has 0 bridgehead atoms. The Morgan fingerprint density at radius 3 is 2.52 bits per heavy atom. The number of amidine groups is 1. The van der Waals surface area contributed by atoms with Gasteiger partial charge in [-0.1, -0.05) is 11.9 Å². The minimum atomic E-state index is 0.375. The van der Waals surface area contributed by atoms with Crippen LogP contribution >= 0.6 is 0 Å². The number of aliphatic imine (C=N–C) groups is 1. The van der Waals surface area contributed by atoms with Crippen LogP contribution in [0.3, 0.4) is 0 Å². The number of nitrogens with one attached hydrogen (secondary N) is 1. The minimum Gasteiger partial charge on any atom is -0.359 e. The molecule has 0 atom stereocenters. The van der Waals surface area contributed by atoms with Gasteiger partial charge in [0, 0.05) is 35.5 Å². The maximum atomic E-state index is 4.87. The van der Waals surface area contributed by atoms with Crippen LogP contribution in [0.25, 0.3) is 6.08 Å². The minimum absolute atomic E-state index is 0.375. The zero-order valence-corrected chi connectivity index (χ0v) is 15.6. The van der Waals surface area contributed by atoms with E-state index in [1.165, 1.54) is 28.2 Å². The second-order valence-electron chi connectivity index (χ2n) is 6.81. The van der Waals surface area contributed by atoms with Crippen LogP contribution in [0.1, 0.15) is 50.6 Å². The first-order valence-electron chi connectivity index (χ1n) is 8.60. The third-order valence-electron chi connectivity index (χ3n) is 4.28. The molecule has 0 unspecified atom stereocenters. The summed E-state index contributed by atoms with van der Waals surface area (Å²) in [5.74, 6) is 1.06. The third kappa shape index (κ3) is 3.93. The molecule has 1 aliphatic rings. The van der Waals surface area contributed by atoms with E-state index in [0.717, 1.165) is 24.4 Å². The van der Waals surface area contributed by atoms with E-state index in [1.807, 2.05) is 0 Å². The van der Waals surface area contributed by atoms with Crippen LogP contribution in [0.5, 0.6) is 0 Å². The van der Waals surface area contributed by atoms with Crippen molar-refractivity contribution < 1.29 is 4.49 Å². The molecule has 0 saturated heterocycles. The van der Waals surface area contributed by atoms with E-state index in [0.29, 0.717) is 6.85 Å². The highest BCUT2D eigenvalue weighted by atomic mass is 15.1. The first-order valence-corrected chi connectivity index (χ1v) is 8.60. The summed E-state index contributed by atoms with van der Waals surface area (Å²) in [6.07, 6.45) is 6.63. The SMILES string of the molecule is CCCC(C)=NC1=[N+](B(C)C)/C(=C\c2cc(C)c(C)[nH]2)C(C)=C1. The standard InChI is InChI=1S/C19H28BN3/c1-8-9-15(4)21-19-11-14(3)18(23(19)20(6)7)12-17-10-13(2)16(5)22-17/h10-12H,8-9H2,1-7H3/p+1. The summed E-state index contributed by atoms with van der Waals surface area (Å²) in [5, 5.41) is 0. The fourth-order valence-electron chi connectivity index (χ4n) is 2.99. The van der Waals surface area contributed by atoms with Crippen molar-refractivity contribution in [1.82, 2.24) is 4.98 Å². The van der Waals surface area contributed by atoms with E-state index in [4.69, 9.17) is 4.99 Å². The average molecular weight is 310 g/mol. The fraction of sp³-hybridized carbons (Fsp3) is 0.474. The Morgan fingerprint density at radius 1 is 1.30 bits per heavy atom. The lowest BCUT2D eigenvalue weighted by Gasteiger charge is -2.09. The smallest absolute Gasteiger partial charge is 0.359 e. The lowest BCUT2D eigenvalue weighted by molar-refractivity contribution is -0.319. The molecule has 0 amide bonds. The number of aromatic nitrogens is 1. The third-order valence-corrected chi connectivity index (χ3v) is 4.28. The van der Waals surface area contributed by atoms with Gasteiger partial charge in [0.2, 0.25) is 0 Å². The molecule has 23 heavy (non-hydrogen) atoms. The number of allylic oxidation sites excluding steroid dienone is 1.